The van der Waals surface area contributed by atoms with Crippen LogP contribution in [0.1, 0.15) is 16.0 Å². The first-order valence-corrected chi connectivity index (χ1v) is 8.03. The van der Waals surface area contributed by atoms with Crippen molar-refractivity contribution in [2.45, 2.75) is 24.6 Å². The number of halogens is 1. The molecule has 102 valence electrons. The van der Waals surface area contributed by atoms with E-state index < -0.39 is 0 Å². The first kappa shape index (κ1) is 13.5. The van der Waals surface area contributed by atoms with Crippen LogP contribution in [0.2, 0.25) is 0 Å². The number of aromatic nitrogens is 2. The van der Waals surface area contributed by atoms with Crippen LogP contribution in [-0.4, -0.2) is 9.97 Å². The van der Waals surface area contributed by atoms with E-state index in [1.807, 2.05) is 6.07 Å². The van der Waals surface area contributed by atoms with E-state index in [0.29, 0.717) is 5.75 Å². The predicted molar refractivity (Wildman–Crippen MR) is 82.9 cm³/mol. The zero-order chi connectivity index (χ0) is 14.1. The molecule has 5 heteroatoms. The Hall–Kier alpha value is -1.46. The maximum atomic E-state index is 13.2. The van der Waals surface area contributed by atoms with Gasteiger partial charge in [0.25, 0.3) is 0 Å². The standard InChI is InChI=1S/C15H13FN2S2/c1-9-10(2)20-15-13(9)14(17-8-18-15)19-7-11-4-3-5-12(16)6-11/h3-6,8H,7H2,1-2H3. The van der Waals surface area contributed by atoms with Crippen molar-refractivity contribution in [1.29, 1.82) is 0 Å². The van der Waals surface area contributed by atoms with Crippen molar-refractivity contribution in [3.63, 3.8) is 0 Å². The van der Waals surface area contributed by atoms with Gasteiger partial charge in [0.1, 0.15) is 22.0 Å². The van der Waals surface area contributed by atoms with Gasteiger partial charge in [-0.2, -0.15) is 0 Å². The van der Waals surface area contributed by atoms with Crippen LogP contribution in [0.25, 0.3) is 10.2 Å². The molecule has 0 unspecified atom stereocenters. The Kier molecular flexibility index (Phi) is 3.72. The van der Waals surface area contributed by atoms with Crippen LogP contribution in [-0.2, 0) is 5.75 Å². The van der Waals surface area contributed by atoms with Gasteiger partial charge in [0.05, 0.1) is 0 Å². The molecule has 0 fully saturated rings. The number of rotatable bonds is 3. The lowest BCUT2D eigenvalue weighted by molar-refractivity contribution is 0.626. The highest BCUT2D eigenvalue weighted by Gasteiger charge is 2.12. The minimum atomic E-state index is -0.196. The highest BCUT2D eigenvalue weighted by atomic mass is 32.2. The quantitative estimate of drug-likeness (QED) is 0.516. The smallest absolute Gasteiger partial charge is 0.128 e. The largest absolute Gasteiger partial charge is 0.229 e. The van der Waals surface area contributed by atoms with Crippen molar-refractivity contribution < 1.29 is 4.39 Å². The van der Waals surface area contributed by atoms with E-state index in [1.165, 1.54) is 16.5 Å². The molecule has 2 nitrogen and oxygen atoms in total. The van der Waals surface area contributed by atoms with E-state index >= 15 is 0 Å². The summed E-state index contributed by atoms with van der Waals surface area (Å²) in [6.07, 6.45) is 1.60. The van der Waals surface area contributed by atoms with Crippen molar-refractivity contribution in [2.24, 2.45) is 0 Å². The lowest BCUT2D eigenvalue weighted by atomic mass is 10.2. The van der Waals surface area contributed by atoms with Crippen molar-refractivity contribution in [2.75, 3.05) is 0 Å². The number of hydrogen-bond donors (Lipinski definition) is 0. The van der Waals surface area contributed by atoms with Crippen LogP contribution in [0, 0.1) is 19.7 Å². The van der Waals surface area contributed by atoms with Gasteiger partial charge in [0.2, 0.25) is 0 Å². The Balaban J connectivity index is 1.91. The molecule has 3 aromatic rings. The number of benzene rings is 1. The second-order valence-electron chi connectivity index (χ2n) is 4.56. The summed E-state index contributed by atoms with van der Waals surface area (Å²) >= 11 is 3.32. The molecule has 2 aromatic heterocycles. The third-order valence-corrected chi connectivity index (χ3v) is 5.37. The van der Waals surface area contributed by atoms with E-state index in [2.05, 4.69) is 23.8 Å². The summed E-state index contributed by atoms with van der Waals surface area (Å²) in [5, 5.41) is 2.11. The van der Waals surface area contributed by atoms with Gasteiger partial charge in [-0.05, 0) is 37.1 Å². The molecule has 0 bridgehead atoms. The van der Waals surface area contributed by atoms with Crippen molar-refractivity contribution in [3.8, 4) is 0 Å². The summed E-state index contributed by atoms with van der Waals surface area (Å²) in [5.41, 5.74) is 2.21. The molecule has 0 amide bonds. The molecule has 1 aromatic carbocycles. The highest BCUT2D eigenvalue weighted by molar-refractivity contribution is 7.98. The first-order valence-electron chi connectivity index (χ1n) is 6.23. The van der Waals surface area contributed by atoms with Gasteiger partial charge < -0.3 is 0 Å². The molecule has 0 atom stereocenters. The monoisotopic (exact) mass is 304 g/mol. The maximum Gasteiger partial charge on any atom is 0.128 e. The average molecular weight is 304 g/mol. The van der Waals surface area contributed by atoms with Gasteiger partial charge in [0.15, 0.2) is 0 Å². The zero-order valence-electron chi connectivity index (χ0n) is 11.2. The fourth-order valence-electron chi connectivity index (χ4n) is 2.04. The Morgan fingerprint density at radius 2 is 2.10 bits per heavy atom. The molecular formula is C15H13FN2S2. The predicted octanol–water partition coefficient (Wildman–Crippen LogP) is 4.74. The minimum absolute atomic E-state index is 0.196. The topological polar surface area (TPSA) is 25.8 Å². The number of hydrogen-bond acceptors (Lipinski definition) is 4. The van der Waals surface area contributed by atoms with Crippen molar-refractivity contribution in [1.82, 2.24) is 9.97 Å². The summed E-state index contributed by atoms with van der Waals surface area (Å²) in [6, 6.07) is 6.70. The van der Waals surface area contributed by atoms with E-state index in [1.54, 1.807) is 41.6 Å². The van der Waals surface area contributed by atoms with Gasteiger partial charge in [-0.15, -0.1) is 23.1 Å². The van der Waals surface area contributed by atoms with Crippen LogP contribution in [0.15, 0.2) is 35.6 Å². The highest BCUT2D eigenvalue weighted by Crippen LogP contribution is 2.35. The summed E-state index contributed by atoms with van der Waals surface area (Å²) in [7, 11) is 0. The maximum absolute atomic E-state index is 13.2. The minimum Gasteiger partial charge on any atom is -0.229 e. The van der Waals surface area contributed by atoms with Gasteiger partial charge in [0, 0.05) is 16.0 Å². The molecule has 0 N–H and O–H groups in total. The fraction of sp³-hybridized carbons (Fsp3) is 0.200. The van der Waals surface area contributed by atoms with Crippen molar-refractivity contribution >= 4 is 33.3 Å². The average Bonchev–Trinajstić information content (AvgIpc) is 2.73. The van der Waals surface area contributed by atoms with E-state index in [0.717, 1.165) is 20.8 Å². The molecule has 0 aliphatic rings. The lowest BCUT2D eigenvalue weighted by Gasteiger charge is -2.03. The molecule has 0 spiro atoms. The van der Waals surface area contributed by atoms with Gasteiger partial charge in [-0.1, -0.05) is 12.1 Å². The second-order valence-corrected chi connectivity index (χ2v) is 6.73. The number of thiophene rings is 1. The van der Waals surface area contributed by atoms with Crippen LogP contribution in [0.4, 0.5) is 4.39 Å². The Morgan fingerprint density at radius 3 is 2.90 bits per heavy atom. The normalized spacial score (nSPS) is 11.2. The number of thioether (sulfide) groups is 1. The Bertz CT molecular complexity index is 768. The first-order chi connectivity index (χ1) is 9.65. The molecule has 0 aliphatic heterocycles. The Labute approximate surface area is 125 Å². The van der Waals surface area contributed by atoms with Gasteiger partial charge in [-0.25, -0.2) is 14.4 Å². The summed E-state index contributed by atoms with van der Waals surface area (Å²) in [4.78, 5) is 11.0. The molecule has 3 rings (SSSR count). The van der Waals surface area contributed by atoms with E-state index in [4.69, 9.17) is 0 Å². The lowest BCUT2D eigenvalue weighted by Crippen LogP contribution is -1.87. The van der Waals surface area contributed by atoms with E-state index in [-0.39, 0.29) is 5.82 Å². The van der Waals surface area contributed by atoms with Gasteiger partial charge >= 0.3 is 0 Å². The molecule has 2 heterocycles. The van der Waals surface area contributed by atoms with Crippen LogP contribution >= 0.6 is 23.1 Å². The molecule has 0 saturated carbocycles. The fourth-order valence-corrected chi connectivity index (χ4v) is 4.10. The molecule has 20 heavy (non-hydrogen) atoms. The molecule has 0 saturated heterocycles. The van der Waals surface area contributed by atoms with Crippen LogP contribution in [0.5, 0.6) is 0 Å². The van der Waals surface area contributed by atoms with Crippen molar-refractivity contribution in [3.05, 3.63) is 52.4 Å². The number of fused-ring (bicyclic) bond motifs is 1. The zero-order valence-corrected chi connectivity index (χ0v) is 12.8. The number of aryl methyl sites for hydroxylation is 2. The summed E-state index contributed by atoms with van der Waals surface area (Å²) in [6.45, 7) is 4.20. The van der Waals surface area contributed by atoms with Crippen LogP contribution in [0.3, 0.4) is 0 Å². The summed E-state index contributed by atoms with van der Waals surface area (Å²) < 4.78 is 13.2. The molecular weight excluding hydrogens is 291 g/mol. The van der Waals surface area contributed by atoms with Crippen LogP contribution < -0.4 is 0 Å². The summed E-state index contributed by atoms with van der Waals surface area (Å²) in [5.74, 6) is 0.511. The molecule has 0 radical (unpaired) electrons. The third-order valence-electron chi connectivity index (χ3n) is 3.20. The van der Waals surface area contributed by atoms with Gasteiger partial charge in [-0.3, -0.25) is 0 Å². The second kappa shape index (κ2) is 5.50. The number of nitrogens with zero attached hydrogens (tertiary/aromatic N) is 2. The van der Waals surface area contributed by atoms with E-state index in [9.17, 15) is 4.39 Å². The molecule has 0 aliphatic carbocycles. The SMILES string of the molecule is Cc1sc2ncnc(SCc3cccc(F)c3)c2c1C. The Morgan fingerprint density at radius 1 is 1.25 bits per heavy atom. The third kappa shape index (κ3) is 2.55.